The Morgan fingerprint density at radius 3 is 2.78 bits per heavy atom. The number of hydrogen-bond donors (Lipinski definition) is 1. The zero-order valence-corrected chi connectivity index (χ0v) is 10.9. The predicted octanol–water partition coefficient (Wildman–Crippen LogP) is 3.20. The first kappa shape index (κ1) is 13.1. The maximum Gasteiger partial charge on any atom is 0.145 e. The van der Waals surface area contributed by atoms with Crippen molar-refractivity contribution in [3.05, 3.63) is 24.0 Å². The third kappa shape index (κ3) is 3.13. The molecule has 0 amide bonds. The number of rotatable bonds is 4. The van der Waals surface area contributed by atoms with Crippen LogP contribution in [0.15, 0.2) is 18.2 Å². The molecule has 1 aliphatic rings. The molecule has 0 bridgehead atoms. The Morgan fingerprint density at radius 2 is 2.06 bits per heavy atom. The van der Waals surface area contributed by atoms with Gasteiger partial charge in [-0.3, -0.25) is 0 Å². The number of halogens is 1. The van der Waals surface area contributed by atoms with Gasteiger partial charge in [-0.2, -0.15) is 0 Å². The molecule has 0 unspecified atom stereocenters. The van der Waals surface area contributed by atoms with Crippen LogP contribution in [0.1, 0.15) is 25.7 Å². The molecule has 0 saturated heterocycles. The summed E-state index contributed by atoms with van der Waals surface area (Å²) in [4.78, 5) is 0. The highest BCUT2D eigenvalue weighted by molar-refractivity contribution is 5.56. The molecular formula is C14H20FNO2. The van der Waals surface area contributed by atoms with Crippen LogP contribution in [0, 0.1) is 5.82 Å². The van der Waals surface area contributed by atoms with Crippen molar-refractivity contribution in [2.75, 3.05) is 19.5 Å². The minimum absolute atomic E-state index is 0.109. The van der Waals surface area contributed by atoms with E-state index in [-0.39, 0.29) is 18.0 Å². The normalized spacial score (nSPS) is 23.7. The van der Waals surface area contributed by atoms with Gasteiger partial charge in [0, 0.05) is 26.6 Å². The van der Waals surface area contributed by atoms with Gasteiger partial charge in [-0.25, -0.2) is 4.39 Å². The molecule has 0 heterocycles. The van der Waals surface area contributed by atoms with E-state index in [1.165, 1.54) is 12.1 Å². The minimum atomic E-state index is -0.275. The molecule has 1 fully saturated rings. The number of methoxy groups -OCH3 is 1. The predicted molar refractivity (Wildman–Crippen MR) is 69.6 cm³/mol. The molecule has 0 spiro atoms. The highest BCUT2D eigenvalue weighted by Crippen LogP contribution is 2.30. The molecule has 18 heavy (non-hydrogen) atoms. The average Bonchev–Trinajstić information content (AvgIpc) is 2.39. The van der Waals surface area contributed by atoms with Crippen LogP contribution in [0.3, 0.4) is 0 Å². The van der Waals surface area contributed by atoms with Crippen LogP contribution in [-0.4, -0.2) is 26.4 Å². The van der Waals surface area contributed by atoms with E-state index < -0.39 is 0 Å². The number of nitrogens with one attached hydrogen (secondary N) is 1. The molecule has 1 saturated carbocycles. The summed E-state index contributed by atoms with van der Waals surface area (Å²) >= 11 is 0. The van der Waals surface area contributed by atoms with Gasteiger partial charge in [-0.15, -0.1) is 0 Å². The molecule has 2 rings (SSSR count). The summed E-state index contributed by atoms with van der Waals surface area (Å²) in [5.74, 6) is 0.308. The van der Waals surface area contributed by atoms with Crippen LogP contribution in [0.25, 0.3) is 0 Å². The summed E-state index contributed by atoms with van der Waals surface area (Å²) in [6.07, 6.45) is 4.41. The second-order valence-electron chi connectivity index (χ2n) is 4.65. The van der Waals surface area contributed by atoms with E-state index in [0.717, 1.165) is 31.4 Å². The summed E-state index contributed by atoms with van der Waals surface area (Å²) in [5, 5.41) is 3.01. The molecule has 0 radical (unpaired) electrons. The van der Waals surface area contributed by atoms with E-state index in [1.54, 1.807) is 20.2 Å². The first-order valence-electron chi connectivity index (χ1n) is 6.39. The van der Waals surface area contributed by atoms with Crippen molar-refractivity contribution in [3.63, 3.8) is 0 Å². The molecule has 1 aliphatic carbocycles. The molecule has 3 nitrogen and oxygen atoms in total. The lowest BCUT2D eigenvalue weighted by atomic mass is 9.95. The Labute approximate surface area is 107 Å². The lowest BCUT2D eigenvalue weighted by molar-refractivity contribution is 0.0211. The van der Waals surface area contributed by atoms with Gasteiger partial charge in [0.1, 0.15) is 17.7 Å². The van der Waals surface area contributed by atoms with Crippen LogP contribution < -0.4 is 10.1 Å². The average molecular weight is 253 g/mol. The van der Waals surface area contributed by atoms with Crippen molar-refractivity contribution in [1.82, 2.24) is 0 Å². The zero-order chi connectivity index (χ0) is 13.0. The van der Waals surface area contributed by atoms with Gasteiger partial charge in [0.05, 0.1) is 11.8 Å². The standard InChI is InChI=1S/C14H20FNO2/c1-16-13-7-6-10(15)8-14(13)18-12-5-3-4-11(9-12)17-2/h6-8,11-12,16H,3-5,9H2,1-2H3/t11-,12+/m1/s1. The fourth-order valence-corrected chi connectivity index (χ4v) is 2.40. The quantitative estimate of drug-likeness (QED) is 0.893. The highest BCUT2D eigenvalue weighted by Gasteiger charge is 2.23. The molecule has 2 atom stereocenters. The maximum absolute atomic E-state index is 13.2. The molecule has 100 valence electrons. The Kier molecular flexibility index (Phi) is 4.42. The maximum atomic E-state index is 13.2. The highest BCUT2D eigenvalue weighted by atomic mass is 19.1. The SMILES string of the molecule is CNc1ccc(F)cc1O[C@H]1CCC[C@@H](OC)C1. The molecular weight excluding hydrogens is 233 g/mol. The molecule has 1 aromatic carbocycles. The minimum Gasteiger partial charge on any atom is -0.488 e. The third-order valence-electron chi connectivity index (χ3n) is 3.42. The second-order valence-corrected chi connectivity index (χ2v) is 4.65. The van der Waals surface area contributed by atoms with Crippen LogP contribution >= 0.6 is 0 Å². The number of ether oxygens (including phenoxy) is 2. The lowest BCUT2D eigenvalue weighted by Gasteiger charge is -2.29. The summed E-state index contributed by atoms with van der Waals surface area (Å²) in [6.45, 7) is 0. The van der Waals surface area contributed by atoms with Crippen molar-refractivity contribution in [2.24, 2.45) is 0 Å². The molecule has 0 aromatic heterocycles. The third-order valence-corrected chi connectivity index (χ3v) is 3.42. The van der Waals surface area contributed by atoms with Crippen molar-refractivity contribution in [2.45, 2.75) is 37.9 Å². The zero-order valence-electron chi connectivity index (χ0n) is 10.9. The first-order valence-corrected chi connectivity index (χ1v) is 6.39. The molecule has 4 heteroatoms. The summed E-state index contributed by atoms with van der Waals surface area (Å²) < 4.78 is 24.5. The molecule has 0 aliphatic heterocycles. The van der Waals surface area contributed by atoms with Crippen LogP contribution in [0.2, 0.25) is 0 Å². The van der Waals surface area contributed by atoms with Crippen molar-refractivity contribution in [3.8, 4) is 5.75 Å². The van der Waals surface area contributed by atoms with Crippen LogP contribution in [0.5, 0.6) is 5.75 Å². The van der Waals surface area contributed by atoms with Crippen molar-refractivity contribution in [1.29, 1.82) is 0 Å². The smallest absolute Gasteiger partial charge is 0.145 e. The van der Waals surface area contributed by atoms with Gasteiger partial charge in [-0.05, 0) is 31.4 Å². The van der Waals surface area contributed by atoms with Gasteiger partial charge >= 0.3 is 0 Å². The van der Waals surface area contributed by atoms with E-state index in [1.807, 2.05) is 0 Å². The van der Waals surface area contributed by atoms with Gasteiger partial charge in [0.2, 0.25) is 0 Å². The van der Waals surface area contributed by atoms with Crippen molar-refractivity contribution < 1.29 is 13.9 Å². The largest absolute Gasteiger partial charge is 0.488 e. The monoisotopic (exact) mass is 253 g/mol. The summed E-state index contributed by atoms with van der Waals surface area (Å²) in [6, 6.07) is 4.56. The Balaban J connectivity index is 2.06. The Morgan fingerprint density at radius 1 is 1.28 bits per heavy atom. The van der Waals surface area contributed by atoms with Crippen LogP contribution in [-0.2, 0) is 4.74 Å². The molecule has 1 N–H and O–H groups in total. The van der Waals surface area contributed by atoms with Crippen molar-refractivity contribution >= 4 is 5.69 Å². The fourth-order valence-electron chi connectivity index (χ4n) is 2.40. The van der Waals surface area contributed by atoms with Gasteiger partial charge in [0.15, 0.2) is 0 Å². The topological polar surface area (TPSA) is 30.5 Å². The Hall–Kier alpha value is -1.29. The second kappa shape index (κ2) is 6.05. The van der Waals surface area contributed by atoms with E-state index in [4.69, 9.17) is 9.47 Å². The Bertz CT molecular complexity index is 397. The van der Waals surface area contributed by atoms with E-state index in [0.29, 0.717) is 5.75 Å². The van der Waals surface area contributed by atoms with E-state index >= 15 is 0 Å². The van der Waals surface area contributed by atoms with E-state index in [2.05, 4.69) is 5.32 Å². The van der Waals surface area contributed by atoms with Gasteiger partial charge in [-0.1, -0.05) is 0 Å². The summed E-state index contributed by atoms with van der Waals surface area (Å²) in [5.41, 5.74) is 0.816. The number of hydrogen-bond acceptors (Lipinski definition) is 3. The fraction of sp³-hybridized carbons (Fsp3) is 0.571. The van der Waals surface area contributed by atoms with Crippen LogP contribution in [0.4, 0.5) is 10.1 Å². The van der Waals surface area contributed by atoms with E-state index in [9.17, 15) is 4.39 Å². The first-order chi connectivity index (χ1) is 8.72. The number of anilines is 1. The van der Waals surface area contributed by atoms with Gasteiger partial charge < -0.3 is 14.8 Å². The summed E-state index contributed by atoms with van der Waals surface area (Å²) in [7, 11) is 3.53. The lowest BCUT2D eigenvalue weighted by Crippen LogP contribution is -2.29. The molecule has 1 aromatic rings. The number of benzene rings is 1. The van der Waals surface area contributed by atoms with Gasteiger partial charge in [0.25, 0.3) is 0 Å².